The quantitative estimate of drug-likeness (QED) is 0.779. The number of likely N-dealkylation sites (N-methyl/N-ethyl adjacent to an activating group) is 1. The van der Waals surface area contributed by atoms with Gasteiger partial charge in [0, 0.05) is 18.3 Å². The molecule has 88 valence electrons. The van der Waals surface area contributed by atoms with Gasteiger partial charge in [-0.25, -0.2) is 0 Å². The van der Waals surface area contributed by atoms with Crippen LogP contribution in [0.15, 0.2) is 4.99 Å². The van der Waals surface area contributed by atoms with Crippen LogP contribution in [0.25, 0.3) is 0 Å². The fraction of sp³-hybridized carbons (Fsp3) is 0.909. The number of rotatable bonds is 5. The van der Waals surface area contributed by atoms with Crippen molar-refractivity contribution in [3.63, 3.8) is 0 Å². The highest BCUT2D eigenvalue weighted by Gasteiger charge is 2.12. The Labute approximate surface area is 97.7 Å². The molecular formula is C11H23N3S. The number of nitrogens with zero attached hydrogens (tertiary/aromatic N) is 2. The van der Waals surface area contributed by atoms with Gasteiger partial charge in [0.15, 0.2) is 5.17 Å². The molecule has 15 heavy (non-hydrogen) atoms. The van der Waals surface area contributed by atoms with E-state index in [1.165, 1.54) is 12.2 Å². The molecule has 0 aromatic heterocycles. The molecule has 4 heteroatoms. The zero-order valence-electron chi connectivity index (χ0n) is 10.1. The van der Waals surface area contributed by atoms with E-state index in [0.29, 0.717) is 6.04 Å². The Balaban J connectivity index is 2.24. The minimum atomic E-state index is 0.596. The predicted molar refractivity (Wildman–Crippen MR) is 69.8 cm³/mol. The summed E-state index contributed by atoms with van der Waals surface area (Å²) in [5.74, 6) is 1.21. The highest BCUT2D eigenvalue weighted by Crippen LogP contribution is 2.13. The summed E-state index contributed by atoms with van der Waals surface area (Å²) < 4.78 is 0. The molecule has 0 aliphatic carbocycles. The molecule has 0 radical (unpaired) electrons. The first-order valence-electron chi connectivity index (χ1n) is 5.92. The Kier molecular flexibility index (Phi) is 6.10. The summed E-state index contributed by atoms with van der Waals surface area (Å²) in [6.07, 6.45) is 1.25. The average molecular weight is 229 g/mol. The normalized spacial score (nSPS) is 24.5. The molecular weight excluding hydrogens is 206 g/mol. The lowest BCUT2D eigenvalue weighted by molar-refractivity contribution is 0.313. The van der Waals surface area contributed by atoms with Crippen molar-refractivity contribution in [3.8, 4) is 0 Å². The van der Waals surface area contributed by atoms with Crippen LogP contribution in [0.4, 0.5) is 0 Å². The van der Waals surface area contributed by atoms with Gasteiger partial charge in [-0.3, -0.25) is 4.99 Å². The first kappa shape index (κ1) is 12.8. The van der Waals surface area contributed by atoms with Crippen molar-refractivity contribution in [1.82, 2.24) is 10.2 Å². The zero-order chi connectivity index (χ0) is 11.1. The maximum atomic E-state index is 4.60. The molecule has 0 aromatic rings. The van der Waals surface area contributed by atoms with Gasteiger partial charge in [0.25, 0.3) is 0 Å². The smallest absolute Gasteiger partial charge is 0.156 e. The molecule has 0 saturated carbocycles. The first-order valence-corrected chi connectivity index (χ1v) is 6.91. The summed E-state index contributed by atoms with van der Waals surface area (Å²) in [6, 6.07) is 0.596. The van der Waals surface area contributed by atoms with Crippen LogP contribution in [-0.2, 0) is 0 Å². The fourth-order valence-electron chi connectivity index (χ4n) is 1.58. The Bertz CT molecular complexity index is 202. The van der Waals surface area contributed by atoms with Gasteiger partial charge in [-0.15, -0.1) is 0 Å². The van der Waals surface area contributed by atoms with Crippen LogP contribution in [0.1, 0.15) is 27.2 Å². The minimum Gasteiger partial charge on any atom is -0.362 e. The molecule has 1 aliphatic rings. The van der Waals surface area contributed by atoms with Crippen molar-refractivity contribution in [3.05, 3.63) is 0 Å². The van der Waals surface area contributed by atoms with Crippen LogP contribution in [-0.4, -0.2) is 48.0 Å². The van der Waals surface area contributed by atoms with E-state index in [1.54, 1.807) is 0 Å². The van der Waals surface area contributed by atoms with E-state index in [2.05, 4.69) is 36.0 Å². The second kappa shape index (κ2) is 7.12. The van der Waals surface area contributed by atoms with Crippen LogP contribution in [0.3, 0.4) is 0 Å². The van der Waals surface area contributed by atoms with E-state index in [4.69, 9.17) is 0 Å². The summed E-state index contributed by atoms with van der Waals surface area (Å²) in [4.78, 5) is 7.00. The summed E-state index contributed by atoms with van der Waals surface area (Å²) in [5.41, 5.74) is 0. The van der Waals surface area contributed by atoms with E-state index in [0.717, 1.165) is 31.3 Å². The molecule has 1 aliphatic heterocycles. The third kappa shape index (κ3) is 4.89. The van der Waals surface area contributed by atoms with Crippen molar-refractivity contribution in [2.45, 2.75) is 33.2 Å². The highest BCUT2D eigenvalue weighted by atomic mass is 32.2. The summed E-state index contributed by atoms with van der Waals surface area (Å²) >= 11 is 1.85. The SMILES string of the molecule is CCN(CC)CCN=C1NC(C)CCS1. The number of aliphatic imine (C=N–C) groups is 1. The zero-order valence-corrected chi connectivity index (χ0v) is 10.9. The van der Waals surface area contributed by atoms with Gasteiger partial charge in [-0.05, 0) is 26.4 Å². The lowest BCUT2D eigenvalue weighted by Gasteiger charge is -2.22. The third-order valence-electron chi connectivity index (χ3n) is 2.73. The van der Waals surface area contributed by atoms with Gasteiger partial charge in [0.2, 0.25) is 0 Å². The first-order chi connectivity index (χ1) is 7.26. The molecule has 1 fully saturated rings. The molecule has 1 saturated heterocycles. The number of hydrogen-bond acceptors (Lipinski definition) is 3. The maximum Gasteiger partial charge on any atom is 0.156 e. The van der Waals surface area contributed by atoms with Gasteiger partial charge < -0.3 is 10.2 Å². The van der Waals surface area contributed by atoms with Crippen LogP contribution >= 0.6 is 11.8 Å². The Morgan fingerprint density at radius 2 is 2.20 bits per heavy atom. The topological polar surface area (TPSA) is 27.6 Å². The molecule has 0 bridgehead atoms. The third-order valence-corrected chi connectivity index (χ3v) is 3.69. The van der Waals surface area contributed by atoms with Crippen LogP contribution in [0.2, 0.25) is 0 Å². The number of nitrogens with one attached hydrogen (secondary N) is 1. The standard InChI is InChI=1S/C11H23N3S/c1-4-14(5-2)8-7-12-11-13-10(3)6-9-15-11/h10H,4-9H2,1-3H3,(H,12,13). The molecule has 1 atom stereocenters. The van der Waals surface area contributed by atoms with Crippen molar-refractivity contribution in [1.29, 1.82) is 0 Å². The molecule has 3 nitrogen and oxygen atoms in total. The average Bonchev–Trinajstić information content (AvgIpc) is 2.25. The fourth-order valence-corrected chi connectivity index (χ4v) is 2.71. The minimum absolute atomic E-state index is 0.596. The van der Waals surface area contributed by atoms with Crippen molar-refractivity contribution in [2.75, 3.05) is 31.9 Å². The number of thioether (sulfide) groups is 1. The second-order valence-corrected chi connectivity index (χ2v) is 4.98. The lowest BCUT2D eigenvalue weighted by atomic mass is 10.3. The van der Waals surface area contributed by atoms with E-state index < -0.39 is 0 Å². The summed E-state index contributed by atoms with van der Waals surface area (Å²) in [6.45, 7) is 10.9. The highest BCUT2D eigenvalue weighted by molar-refractivity contribution is 8.13. The molecule has 1 N–H and O–H groups in total. The summed E-state index contributed by atoms with van der Waals surface area (Å²) in [7, 11) is 0. The Hall–Kier alpha value is -0.220. The van der Waals surface area contributed by atoms with E-state index >= 15 is 0 Å². The molecule has 0 spiro atoms. The molecule has 0 aromatic carbocycles. The number of amidine groups is 1. The van der Waals surface area contributed by atoms with E-state index in [1.807, 2.05) is 11.8 Å². The van der Waals surface area contributed by atoms with Crippen molar-refractivity contribution in [2.24, 2.45) is 4.99 Å². The predicted octanol–water partition coefficient (Wildman–Crippen LogP) is 1.80. The second-order valence-electron chi connectivity index (χ2n) is 3.90. The van der Waals surface area contributed by atoms with Gasteiger partial charge in [-0.1, -0.05) is 25.6 Å². The molecule has 1 rings (SSSR count). The Morgan fingerprint density at radius 3 is 2.80 bits per heavy atom. The lowest BCUT2D eigenvalue weighted by Crippen LogP contribution is -2.36. The Morgan fingerprint density at radius 1 is 1.47 bits per heavy atom. The van der Waals surface area contributed by atoms with Crippen LogP contribution in [0, 0.1) is 0 Å². The van der Waals surface area contributed by atoms with Gasteiger partial charge in [0.05, 0.1) is 6.54 Å². The summed E-state index contributed by atoms with van der Waals surface area (Å²) in [5, 5.41) is 4.56. The largest absolute Gasteiger partial charge is 0.362 e. The molecule has 1 heterocycles. The number of hydrogen-bond donors (Lipinski definition) is 1. The van der Waals surface area contributed by atoms with Gasteiger partial charge in [0.1, 0.15) is 0 Å². The molecule has 0 amide bonds. The monoisotopic (exact) mass is 229 g/mol. The van der Waals surface area contributed by atoms with Crippen molar-refractivity contribution < 1.29 is 0 Å². The van der Waals surface area contributed by atoms with Gasteiger partial charge >= 0.3 is 0 Å². The molecule has 1 unspecified atom stereocenters. The van der Waals surface area contributed by atoms with Crippen molar-refractivity contribution >= 4 is 16.9 Å². The van der Waals surface area contributed by atoms with Crippen LogP contribution < -0.4 is 5.32 Å². The van der Waals surface area contributed by atoms with E-state index in [-0.39, 0.29) is 0 Å². The van der Waals surface area contributed by atoms with Crippen LogP contribution in [0.5, 0.6) is 0 Å². The maximum absolute atomic E-state index is 4.60. The van der Waals surface area contributed by atoms with Gasteiger partial charge in [-0.2, -0.15) is 0 Å². The van der Waals surface area contributed by atoms with E-state index in [9.17, 15) is 0 Å².